The number of hydrazine groups is 1. The monoisotopic (exact) mass is 840 g/mol. The third kappa shape index (κ3) is 17.5. The number of hydrogen-bond acceptors (Lipinski definition) is 11. The first-order valence-corrected chi connectivity index (χ1v) is 21.0. The minimum absolute atomic E-state index is 0.0182. The second-order valence-electron chi connectivity index (χ2n) is 15.8. The zero-order valence-corrected chi connectivity index (χ0v) is 36.3. The number of ketones is 1. The van der Waals surface area contributed by atoms with E-state index < -0.39 is 42.2 Å². The third-order valence-electron chi connectivity index (χ3n) is 10.5. The fourth-order valence-electron chi connectivity index (χ4n) is 6.83. The normalized spacial score (nSPS) is 17.7. The summed E-state index contributed by atoms with van der Waals surface area (Å²) in [6.07, 6.45) is 15.1. The SMILES string of the molecule is CNC(C(=O)NC(Cc1ccccc1)C(=O)N1CCCC(C(=O)O[C@@H](C/C=C/C=C/CC(C)C(O)C(C=O)CCC(C)=O)/C(C)=C/C=C/C(=O)Nc2ccccn2)N1)C(C)C. The summed E-state index contributed by atoms with van der Waals surface area (Å²) in [5, 5.41) is 20.7. The Morgan fingerprint density at radius 2 is 1.69 bits per heavy atom. The molecule has 7 atom stereocenters. The zero-order chi connectivity index (χ0) is 44.7. The van der Waals surface area contributed by atoms with E-state index in [0.717, 1.165) is 5.56 Å². The van der Waals surface area contributed by atoms with Crippen molar-refractivity contribution >= 4 is 41.6 Å². The van der Waals surface area contributed by atoms with Crippen LogP contribution < -0.4 is 21.4 Å². The van der Waals surface area contributed by atoms with Crippen LogP contribution in [0.3, 0.4) is 0 Å². The van der Waals surface area contributed by atoms with E-state index in [0.29, 0.717) is 49.9 Å². The standard InChI is InChI=1S/C47H64N6O8/c1-32(2)43(48-6)45(58)50-39(30-36-20-11-9-12-21-36)46(59)53-29-17-22-38(52-53)47(60)61-40(33(3)19-16-25-42(56)51-41-24-14-15-28-49-41)23-13-8-7-10-18-34(4)44(57)37(31-54)27-26-35(5)55/h7-16,19-21,24-25,28,31-32,34,37-40,43-44,48,52,57H,17-18,22-23,26-27,29-30H2,1-6H3,(H,50,58)(H,49,51,56)/b10-7+,13-8+,25-16+,33-19+/t34?,37?,38?,39?,40-,43?,44?/m0/s1. The van der Waals surface area contributed by atoms with Gasteiger partial charge in [-0.1, -0.05) is 93.6 Å². The Labute approximate surface area is 360 Å². The van der Waals surface area contributed by atoms with E-state index in [9.17, 15) is 33.9 Å². The number of nitrogens with zero attached hydrogens (tertiary/aromatic N) is 2. The number of aliphatic hydroxyl groups is 1. The molecule has 0 radical (unpaired) electrons. The number of nitrogens with one attached hydrogen (secondary N) is 4. The lowest BCUT2D eigenvalue weighted by molar-refractivity contribution is -0.156. The molecule has 6 unspecified atom stereocenters. The lowest BCUT2D eigenvalue weighted by Crippen LogP contribution is -2.61. The Morgan fingerprint density at radius 1 is 0.984 bits per heavy atom. The first kappa shape index (κ1) is 49.8. The number of benzene rings is 1. The van der Waals surface area contributed by atoms with Crippen molar-refractivity contribution in [2.24, 2.45) is 17.8 Å². The lowest BCUT2D eigenvalue weighted by atomic mass is 9.87. The Morgan fingerprint density at radius 3 is 2.33 bits per heavy atom. The van der Waals surface area contributed by atoms with Crippen LogP contribution in [-0.4, -0.2) is 94.8 Å². The van der Waals surface area contributed by atoms with Gasteiger partial charge in [0.2, 0.25) is 11.8 Å². The summed E-state index contributed by atoms with van der Waals surface area (Å²) in [6.45, 7) is 9.27. The van der Waals surface area contributed by atoms with Gasteiger partial charge in [-0.15, -0.1) is 0 Å². The number of esters is 1. The average Bonchev–Trinajstić information content (AvgIpc) is 3.24. The van der Waals surface area contributed by atoms with E-state index in [1.165, 1.54) is 18.0 Å². The number of amides is 3. The molecule has 1 saturated heterocycles. The zero-order valence-electron chi connectivity index (χ0n) is 36.3. The van der Waals surface area contributed by atoms with Crippen molar-refractivity contribution in [3.8, 4) is 0 Å². The lowest BCUT2D eigenvalue weighted by Gasteiger charge is -2.36. The largest absolute Gasteiger partial charge is 0.456 e. The van der Waals surface area contributed by atoms with Crippen LogP contribution in [0.15, 0.2) is 103 Å². The Kier molecular flexibility index (Phi) is 21.7. The number of rotatable bonds is 24. The molecule has 1 aromatic heterocycles. The van der Waals surface area contributed by atoms with Gasteiger partial charge in [0.05, 0.1) is 12.1 Å². The highest BCUT2D eigenvalue weighted by Crippen LogP contribution is 2.21. The molecule has 5 N–H and O–H groups in total. The van der Waals surface area contributed by atoms with Crippen molar-refractivity contribution in [3.05, 3.63) is 108 Å². The van der Waals surface area contributed by atoms with E-state index in [4.69, 9.17) is 4.74 Å². The summed E-state index contributed by atoms with van der Waals surface area (Å²) in [4.78, 5) is 80.8. The van der Waals surface area contributed by atoms with Gasteiger partial charge in [-0.05, 0) is 81.7 Å². The van der Waals surface area contributed by atoms with E-state index in [2.05, 4.69) is 26.4 Å². The summed E-state index contributed by atoms with van der Waals surface area (Å²) in [5.74, 6) is -2.11. The van der Waals surface area contributed by atoms with Crippen LogP contribution in [0, 0.1) is 17.8 Å². The van der Waals surface area contributed by atoms with Crippen molar-refractivity contribution in [1.29, 1.82) is 0 Å². The third-order valence-corrected chi connectivity index (χ3v) is 10.5. The Hall–Kier alpha value is -5.57. The number of Topliss-reactive ketones (excluding diaryl/α,β-unsaturated/α-hetero) is 1. The molecule has 0 bridgehead atoms. The molecule has 3 rings (SSSR count). The Bertz CT molecular complexity index is 1850. The van der Waals surface area contributed by atoms with Crippen molar-refractivity contribution < 1.29 is 38.6 Å². The average molecular weight is 841 g/mol. The number of allylic oxidation sites excluding steroid dienone is 5. The number of carbonyl (C=O) groups is 6. The molecule has 330 valence electrons. The number of likely N-dealkylation sites (N-methyl/N-ethyl adjacent to an activating group) is 1. The molecular formula is C47H64N6O8. The first-order valence-electron chi connectivity index (χ1n) is 21.0. The van der Waals surface area contributed by atoms with E-state index in [1.54, 1.807) is 56.6 Å². The summed E-state index contributed by atoms with van der Waals surface area (Å²) in [6, 6.07) is 12.3. The van der Waals surface area contributed by atoms with E-state index in [-0.39, 0.29) is 54.6 Å². The molecule has 61 heavy (non-hydrogen) atoms. The summed E-state index contributed by atoms with van der Waals surface area (Å²) in [7, 11) is 1.70. The van der Waals surface area contributed by atoms with E-state index >= 15 is 0 Å². The second-order valence-corrected chi connectivity index (χ2v) is 15.8. The van der Waals surface area contributed by atoms with Gasteiger partial charge in [-0.3, -0.25) is 24.2 Å². The molecule has 1 fully saturated rings. The minimum Gasteiger partial charge on any atom is -0.456 e. The van der Waals surface area contributed by atoms with Gasteiger partial charge in [0.15, 0.2) is 0 Å². The van der Waals surface area contributed by atoms with Crippen LogP contribution in [0.1, 0.15) is 78.7 Å². The van der Waals surface area contributed by atoms with Crippen molar-refractivity contribution in [1.82, 2.24) is 26.1 Å². The molecular weight excluding hydrogens is 777 g/mol. The second kappa shape index (κ2) is 26.6. The van der Waals surface area contributed by atoms with Crippen LogP contribution >= 0.6 is 0 Å². The predicted molar refractivity (Wildman–Crippen MR) is 235 cm³/mol. The van der Waals surface area contributed by atoms with Gasteiger partial charge in [0.1, 0.15) is 36.1 Å². The van der Waals surface area contributed by atoms with Crippen molar-refractivity contribution in [2.45, 2.75) is 110 Å². The highest BCUT2D eigenvalue weighted by atomic mass is 16.5. The van der Waals surface area contributed by atoms with Crippen molar-refractivity contribution in [3.63, 3.8) is 0 Å². The van der Waals surface area contributed by atoms with Gasteiger partial charge in [-0.2, -0.15) is 0 Å². The van der Waals surface area contributed by atoms with Crippen LogP contribution in [0.25, 0.3) is 0 Å². The quantitative estimate of drug-likeness (QED) is 0.0414. The number of aromatic nitrogens is 1. The number of aliphatic hydroxyl groups excluding tert-OH is 1. The molecule has 14 heteroatoms. The number of anilines is 1. The van der Waals surface area contributed by atoms with Crippen LogP contribution in [-0.2, 0) is 39.9 Å². The maximum absolute atomic E-state index is 14.1. The van der Waals surface area contributed by atoms with Crippen LogP contribution in [0.2, 0.25) is 0 Å². The number of pyridine rings is 1. The molecule has 0 spiro atoms. The summed E-state index contributed by atoms with van der Waals surface area (Å²) >= 11 is 0. The maximum atomic E-state index is 14.1. The summed E-state index contributed by atoms with van der Waals surface area (Å²) in [5.41, 5.74) is 4.60. The van der Waals surface area contributed by atoms with Gasteiger partial charge in [0, 0.05) is 44.0 Å². The molecule has 1 aromatic carbocycles. The first-order chi connectivity index (χ1) is 29.2. The number of hydrogen-bond donors (Lipinski definition) is 5. The van der Waals surface area contributed by atoms with Crippen LogP contribution in [0.5, 0.6) is 0 Å². The molecule has 2 heterocycles. The fourth-order valence-corrected chi connectivity index (χ4v) is 6.83. The van der Waals surface area contributed by atoms with Crippen LogP contribution in [0.4, 0.5) is 5.82 Å². The summed E-state index contributed by atoms with van der Waals surface area (Å²) < 4.78 is 6.09. The van der Waals surface area contributed by atoms with E-state index in [1.807, 2.05) is 69.3 Å². The maximum Gasteiger partial charge on any atom is 0.325 e. The van der Waals surface area contributed by atoms with Gasteiger partial charge >= 0.3 is 5.97 Å². The van der Waals surface area contributed by atoms with Gasteiger partial charge < -0.3 is 35.4 Å². The smallest absolute Gasteiger partial charge is 0.325 e. The number of aldehydes is 1. The van der Waals surface area contributed by atoms with Crippen molar-refractivity contribution in [2.75, 3.05) is 18.9 Å². The minimum atomic E-state index is -0.894. The molecule has 0 aliphatic carbocycles. The molecule has 1 aliphatic heterocycles. The number of carbonyl (C=O) groups excluding carboxylic acids is 6. The van der Waals surface area contributed by atoms with Gasteiger partial charge in [0.25, 0.3) is 5.91 Å². The molecule has 3 amide bonds. The molecule has 2 aromatic rings. The Balaban J connectivity index is 1.74. The highest BCUT2D eigenvalue weighted by molar-refractivity contribution is 5.98. The highest BCUT2D eigenvalue weighted by Gasteiger charge is 2.35. The predicted octanol–water partition coefficient (Wildman–Crippen LogP) is 4.98. The number of ether oxygens (including phenoxy) is 1. The topological polar surface area (TPSA) is 196 Å². The van der Waals surface area contributed by atoms with Gasteiger partial charge in [-0.25, -0.2) is 10.4 Å². The molecule has 1 aliphatic rings. The molecule has 0 saturated carbocycles. The molecule has 14 nitrogen and oxygen atoms in total. The fraction of sp³-hybridized carbons (Fsp3) is 0.468.